The quantitative estimate of drug-likeness (QED) is 0.636. The summed E-state index contributed by atoms with van der Waals surface area (Å²) in [5, 5.41) is 3.42. The highest BCUT2D eigenvalue weighted by Gasteiger charge is 2.25. The van der Waals surface area contributed by atoms with Crippen molar-refractivity contribution < 1.29 is 0 Å². The fourth-order valence-corrected chi connectivity index (χ4v) is 3.77. The van der Waals surface area contributed by atoms with Crippen molar-refractivity contribution >= 4 is 11.8 Å². The lowest BCUT2D eigenvalue weighted by atomic mass is 10.3. The first-order valence-corrected chi connectivity index (χ1v) is 8.44. The van der Waals surface area contributed by atoms with Crippen molar-refractivity contribution in [2.24, 2.45) is 0 Å². The maximum absolute atomic E-state index is 3.42. The minimum Gasteiger partial charge on any atom is -0.291 e. The molecule has 0 amide bonds. The summed E-state index contributed by atoms with van der Waals surface area (Å²) in [6.45, 7) is 6.67. The van der Waals surface area contributed by atoms with Crippen molar-refractivity contribution in [1.29, 1.82) is 0 Å². The fourth-order valence-electron chi connectivity index (χ4n) is 2.83. The summed E-state index contributed by atoms with van der Waals surface area (Å²) in [6, 6.07) is 10.7. The molecular weight excluding hydrogens is 268 g/mol. The van der Waals surface area contributed by atoms with Crippen LogP contribution < -0.4 is 5.32 Å². The first kappa shape index (κ1) is 14.4. The topological polar surface area (TPSA) is 21.8 Å². The van der Waals surface area contributed by atoms with Crippen molar-refractivity contribution in [3.63, 3.8) is 0 Å². The molecule has 0 saturated carbocycles. The molecule has 2 atom stereocenters. The predicted molar refractivity (Wildman–Crippen MR) is 84.3 cm³/mol. The summed E-state index contributed by atoms with van der Waals surface area (Å²) in [7, 11) is 0. The van der Waals surface area contributed by atoms with E-state index in [4.69, 9.17) is 0 Å². The Labute approximate surface area is 126 Å². The lowest BCUT2D eigenvalue weighted by Crippen LogP contribution is -2.63. The van der Waals surface area contributed by atoms with Crippen molar-refractivity contribution in [3.05, 3.63) is 30.3 Å². The van der Waals surface area contributed by atoms with Crippen molar-refractivity contribution in [3.8, 4) is 0 Å². The first-order chi connectivity index (χ1) is 9.90. The number of fused-ring (bicyclic) bond motifs is 2. The van der Waals surface area contributed by atoms with E-state index in [2.05, 4.69) is 50.3 Å². The Morgan fingerprint density at radius 1 is 0.950 bits per heavy atom. The molecule has 2 heterocycles. The third-order valence-electron chi connectivity index (χ3n) is 3.75. The Kier molecular flexibility index (Phi) is 5.33. The van der Waals surface area contributed by atoms with E-state index in [-0.39, 0.29) is 0 Å². The second kappa shape index (κ2) is 7.43. The van der Waals surface area contributed by atoms with Crippen LogP contribution in [0.25, 0.3) is 0 Å². The highest BCUT2D eigenvalue weighted by molar-refractivity contribution is 7.99. The maximum atomic E-state index is 3.42. The molecule has 0 aromatic heterocycles. The second-order valence-electron chi connectivity index (χ2n) is 5.60. The molecule has 20 heavy (non-hydrogen) atoms. The summed E-state index contributed by atoms with van der Waals surface area (Å²) < 4.78 is 0. The van der Waals surface area contributed by atoms with E-state index in [0.29, 0.717) is 0 Å². The predicted octanol–water partition coefficient (Wildman–Crippen LogP) is 1.87. The Morgan fingerprint density at radius 2 is 1.70 bits per heavy atom. The van der Waals surface area contributed by atoms with Gasteiger partial charge in [0.05, 0.1) is 33.3 Å². The van der Waals surface area contributed by atoms with Gasteiger partial charge < -0.3 is 0 Å². The molecule has 3 rings (SSSR count). The van der Waals surface area contributed by atoms with Crippen LogP contribution in [0, 0.1) is 0 Å². The summed E-state index contributed by atoms with van der Waals surface area (Å²) in [5.41, 5.74) is 0. The van der Waals surface area contributed by atoms with E-state index >= 15 is 0 Å². The third kappa shape index (κ3) is 4.20. The Bertz CT molecular complexity index is 388. The highest BCUT2D eigenvalue weighted by Crippen LogP contribution is 2.18. The molecule has 2 bridgehead atoms. The summed E-state index contributed by atoms with van der Waals surface area (Å²) in [6.07, 6.45) is 2.60. The molecule has 0 spiro atoms. The Hall–Kier alpha value is -0.590. The van der Waals surface area contributed by atoms with Gasteiger partial charge in [-0.05, 0) is 30.7 Å². The molecule has 4 nitrogen and oxygen atoms in total. The minimum absolute atomic E-state index is 1.04. The van der Waals surface area contributed by atoms with Gasteiger partial charge in [-0.25, -0.2) is 0 Å². The van der Waals surface area contributed by atoms with Crippen molar-refractivity contribution in [1.82, 2.24) is 20.0 Å². The van der Waals surface area contributed by atoms with Gasteiger partial charge in [0.15, 0.2) is 0 Å². The van der Waals surface area contributed by atoms with E-state index in [1.165, 1.54) is 30.0 Å². The Morgan fingerprint density at radius 3 is 2.45 bits per heavy atom. The van der Waals surface area contributed by atoms with Gasteiger partial charge in [-0.3, -0.25) is 20.0 Å². The molecule has 110 valence electrons. The van der Waals surface area contributed by atoms with Crippen LogP contribution in [0.5, 0.6) is 0 Å². The van der Waals surface area contributed by atoms with Gasteiger partial charge in [0.1, 0.15) is 0 Å². The average molecular weight is 292 g/mol. The molecule has 1 aromatic rings. The molecule has 2 aliphatic rings. The van der Waals surface area contributed by atoms with Gasteiger partial charge in [0.2, 0.25) is 0 Å². The fraction of sp³-hybridized carbons (Fsp3) is 0.600. The molecule has 2 aliphatic heterocycles. The SMILES string of the molecule is c1ccc(SCCCCN2CN3CNCN(C2)C3)cc1. The van der Waals surface area contributed by atoms with Crippen LogP contribution in [-0.4, -0.2) is 60.3 Å². The number of nitrogens with zero attached hydrogens (tertiary/aromatic N) is 3. The van der Waals surface area contributed by atoms with Gasteiger partial charge in [-0.15, -0.1) is 11.8 Å². The number of nitrogens with one attached hydrogen (secondary N) is 1. The van der Waals surface area contributed by atoms with Gasteiger partial charge in [-0.2, -0.15) is 0 Å². The molecule has 5 heteroatoms. The normalized spacial score (nSPS) is 26.6. The van der Waals surface area contributed by atoms with Gasteiger partial charge >= 0.3 is 0 Å². The van der Waals surface area contributed by atoms with Crippen LogP contribution >= 0.6 is 11.8 Å². The molecule has 0 aliphatic carbocycles. The van der Waals surface area contributed by atoms with Crippen molar-refractivity contribution in [2.75, 3.05) is 45.6 Å². The van der Waals surface area contributed by atoms with Crippen molar-refractivity contribution in [2.45, 2.75) is 17.7 Å². The first-order valence-electron chi connectivity index (χ1n) is 7.46. The van der Waals surface area contributed by atoms with Crippen LogP contribution in [0.3, 0.4) is 0 Å². The van der Waals surface area contributed by atoms with E-state index in [9.17, 15) is 0 Å². The standard InChI is InChI=1S/C15H24N4S/c1-2-6-15(7-3-1)20-9-5-4-8-17-12-18-10-16-11-19(13-17)14-18/h1-3,6-7,16H,4-5,8-14H2. The molecule has 2 saturated heterocycles. The van der Waals surface area contributed by atoms with Crippen LogP contribution in [0.15, 0.2) is 35.2 Å². The summed E-state index contributed by atoms with van der Waals surface area (Å²) >= 11 is 1.97. The lowest BCUT2D eigenvalue weighted by molar-refractivity contribution is -0.0669. The van der Waals surface area contributed by atoms with Crippen LogP contribution in [0.1, 0.15) is 12.8 Å². The minimum atomic E-state index is 1.04. The van der Waals surface area contributed by atoms with Crippen LogP contribution in [0.2, 0.25) is 0 Å². The summed E-state index contributed by atoms with van der Waals surface area (Å²) in [4.78, 5) is 8.89. The van der Waals surface area contributed by atoms with E-state index in [0.717, 1.165) is 33.3 Å². The van der Waals surface area contributed by atoms with E-state index in [1.54, 1.807) is 0 Å². The van der Waals surface area contributed by atoms with E-state index < -0.39 is 0 Å². The zero-order chi connectivity index (χ0) is 13.6. The number of thioether (sulfide) groups is 1. The van der Waals surface area contributed by atoms with E-state index in [1.807, 2.05) is 11.8 Å². The number of unbranched alkanes of at least 4 members (excludes halogenated alkanes) is 1. The average Bonchev–Trinajstić information content (AvgIpc) is 2.48. The monoisotopic (exact) mass is 292 g/mol. The van der Waals surface area contributed by atoms with Gasteiger partial charge in [0.25, 0.3) is 0 Å². The maximum Gasteiger partial charge on any atom is 0.0554 e. The number of benzene rings is 1. The lowest BCUT2D eigenvalue weighted by Gasteiger charge is -2.46. The smallest absolute Gasteiger partial charge is 0.0554 e. The largest absolute Gasteiger partial charge is 0.291 e. The van der Waals surface area contributed by atoms with Crippen LogP contribution in [-0.2, 0) is 0 Å². The molecular formula is C15H24N4S. The zero-order valence-electron chi connectivity index (χ0n) is 12.0. The highest BCUT2D eigenvalue weighted by atomic mass is 32.2. The number of hydrogen-bond acceptors (Lipinski definition) is 5. The zero-order valence-corrected chi connectivity index (χ0v) is 12.8. The molecule has 0 radical (unpaired) electrons. The molecule has 1 N–H and O–H groups in total. The second-order valence-corrected chi connectivity index (χ2v) is 6.76. The van der Waals surface area contributed by atoms with Crippen LogP contribution in [0.4, 0.5) is 0 Å². The third-order valence-corrected chi connectivity index (χ3v) is 4.85. The summed E-state index contributed by atoms with van der Waals surface area (Å²) in [5.74, 6) is 1.23. The van der Waals surface area contributed by atoms with Gasteiger partial charge in [-0.1, -0.05) is 18.2 Å². The molecule has 1 aromatic carbocycles. The van der Waals surface area contributed by atoms with Gasteiger partial charge in [0, 0.05) is 11.4 Å². The Balaban J connectivity index is 1.30. The number of rotatable bonds is 6. The number of hydrogen-bond donors (Lipinski definition) is 1. The molecule has 2 fully saturated rings. The molecule has 2 unspecified atom stereocenters.